The van der Waals surface area contributed by atoms with E-state index in [1.165, 1.54) is 0 Å². The number of anilines is 1. The number of carbonyl (C=O) groups is 1. The molecule has 0 saturated heterocycles. The van der Waals surface area contributed by atoms with Crippen molar-refractivity contribution >= 4 is 22.5 Å². The van der Waals surface area contributed by atoms with Gasteiger partial charge in [0.05, 0.1) is 22.8 Å². The first kappa shape index (κ1) is 19.2. The lowest BCUT2D eigenvalue weighted by Crippen LogP contribution is -2.16. The van der Waals surface area contributed by atoms with Crippen LogP contribution in [0.1, 0.15) is 16.1 Å². The van der Waals surface area contributed by atoms with Crippen molar-refractivity contribution in [1.29, 1.82) is 5.26 Å². The molecule has 2 heterocycles. The summed E-state index contributed by atoms with van der Waals surface area (Å²) in [6.07, 6.45) is 0. The van der Waals surface area contributed by atoms with Gasteiger partial charge in [0.1, 0.15) is 5.69 Å². The Morgan fingerprint density at radius 3 is 2.62 bits per heavy atom. The summed E-state index contributed by atoms with van der Waals surface area (Å²) in [6, 6.07) is 25.0. The first-order chi connectivity index (χ1) is 15.7. The second-order valence-electron chi connectivity index (χ2n) is 7.26. The number of fused-ring (bicyclic) bond motifs is 1. The van der Waals surface area contributed by atoms with Crippen LogP contribution in [0.4, 0.5) is 5.69 Å². The van der Waals surface area contributed by atoms with E-state index in [4.69, 9.17) is 0 Å². The Labute approximate surface area is 183 Å². The summed E-state index contributed by atoms with van der Waals surface area (Å²) in [5.74, 6) is 0.0120. The molecule has 1 amide bonds. The summed E-state index contributed by atoms with van der Waals surface area (Å²) >= 11 is 0. The largest absolute Gasteiger partial charge is 0.339 e. The first-order valence-corrected chi connectivity index (χ1v) is 9.89. The van der Waals surface area contributed by atoms with Crippen LogP contribution >= 0.6 is 0 Å². The van der Waals surface area contributed by atoms with E-state index < -0.39 is 0 Å². The highest BCUT2D eigenvalue weighted by molar-refractivity contribution is 6.09. The van der Waals surface area contributed by atoms with Crippen molar-refractivity contribution in [3.05, 3.63) is 84.1 Å². The predicted molar refractivity (Wildman–Crippen MR) is 121 cm³/mol. The van der Waals surface area contributed by atoms with E-state index in [0.29, 0.717) is 28.3 Å². The van der Waals surface area contributed by atoms with Gasteiger partial charge in [-0.15, -0.1) is 10.2 Å². The Morgan fingerprint density at radius 1 is 1.03 bits per heavy atom. The van der Waals surface area contributed by atoms with Gasteiger partial charge in [0.25, 0.3) is 5.91 Å². The van der Waals surface area contributed by atoms with E-state index in [9.17, 15) is 10.1 Å². The number of hydrogen-bond acceptors (Lipinski definition) is 5. The molecular weight excluding hydrogens is 402 g/mol. The fraction of sp³-hybridized carbons (Fsp3) is 0.0417. The average molecular weight is 419 g/mol. The average Bonchev–Trinajstić information content (AvgIpc) is 3.48. The number of H-pyrrole nitrogens is 1. The molecule has 0 radical (unpaired) electrons. The highest BCUT2D eigenvalue weighted by atomic mass is 16.1. The van der Waals surface area contributed by atoms with Gasteiger partial charge in [0, 0.05) is 23.6 Å². The minimum absolute atomic E-state index is 0.280. The number of aryl methyl sites for hydroxylation is 1. The molecule has 5 aromatic rings. The van der Waals surface area contributed by atoms with Crippen LogP contribution in [0, 0.1) is 11.3 Å². The number of nitriles is 1. The van der Waals surface area contributed by atoms with Crippen LogP contribution in [0.5, 0.6) is 0 Å². The van der Waals surface area contributed by atoms with Crippen molar-refractivity contribution in [3.63, 3.8) is 0 Å². The zero-order chi connectivity index (χ0) is 22.1. The van der Waals surface area contributed by atoms with Crippen LogP contribution < -0.4 is 5.32 Å². The van der Waals surface area contributed by atoms with Crippen molar-refractivity contribution in [2.24, 2.45) is 7.05 Å². The zero-order valence-electron chi connectivity index (χ0n) is 17.1. The number of hydrogen-bond donors (Lipinski definition) is 2. The van der Waals surface area contributed by atoms with Crippen molar-refractivity contribution in [1.82, 2.24) is 25.2 Å². The normalized spacial score (nSPS) is 10.8. The van der Waals surface area contributed by atoms with Gasteiger partial charge in [0.2, 0.25) is 5.82 Å². The molecule has 0 saturated carbocycles. The summed E-state index contributed by atoms with van der Waals surface area (Å²) in [7, 11) is 1.88. The van der Waals surface area contributed by atoms with Crippen LogP contribution in [0.2, 0.25) is 0 Å². The topological polar surface area (TPSA) is 112 Å². The van der Waals surface area contributed by atoms with E-state index >= 15 is 0 Å². The summed E-state index contributed by atoms with van der Waals surface area (Å²) in [4.78, 5) is 13.3. The molecular formula is C24H17N7O. The number of aromatic amines is 1. The lowest BCUT2D eigenvalue weighted by Gasteiger charge is -2.11. The molecule has 0 spiro atoms. The van der Waals surface area contributed by atoms with Crippen molar-refractivity contribution < 1.29 is 4.79 Å². The molecule has 3 aromatic carbocycles. The number of benzene rings is 3. The van der Waals surface area contributed by atoms with E-state index in [1.54, 1.807) is 18.2 Å². The molecule has 0 bridgehead atoms. The molecule has 0 aliphatic carbocycles. The molecule has 0 aliphatic heterocycles. The van der Waals surface area contributed by atoms with Crippen LogP contribution in [0.15, 0.2) is 72.8 Å². The summed E-state index contributed by atoms with van der Waals surface area (Å²) in [6.45, 7) is 0. The Balaban J connectivity index is 1.56. The molecule has 0 aliphatic rings. The van der Waals surface area contributed by atoms with Crippen LogP contribution in [-0.2, 0) is 7.05 Å². The fourth-order valence-corrected chi connectivity index (χ4v) is 3.86. The number of tetrazole rings is 1. The number of rotatable bonds is 4. The van der Waals surface area contributed by atoms with Gasteiger partial charge in [-0.05, 0) is 35.0 Å². The van der Waals surface area contributed by atoms with Gasteiger partial charge in [-0.25, -0.2) is 0 Å². The SMILES string of the molecule is Cn1c(C(=O)Nc2ccc(C#N)cc2-c2nn[nH]n2)cc2cccc(-c3ccccc3)c21. The maximum atomic E-state index is 13.3. The second-order valence-corrected chi connectivity index (χ2v) is 7.26. The van der Waals surface area contributed by atoms with E-state index in [1.807, 2.05) is 54.1 Å². The maximum Gasteiger partial charge on any atom is 0.272 e. The van der Waals surface area contributed by atoms with Gasteiger partial charge in [-0.1, -0.05) is 48.5 Å². The molecule has 8 heteroatoms. The Morgan fingerprint density at radius 2 is 1.88 bits per heavy atom. The molecule has 0 fully saturated rings. The van der Waals surface area contributed by atoms with Gasteiger partial charge >= 0.3 is 0 Å². The van der Waals surface area contributed by atoms with E-state index in [2.05, 4.69) is 44.1 Å². The lowest BCUT2D eigenvalue weighted by atomic mass is 10.0. The van der Waals surface area contributed by atoms with Crippen molar-refractivity contribution in [2.75, 3.05) is 5.32 Å². The van der Waals surface area contributed by atoms with Gasteiger partial charge in [-0.3, -0.25) is 4.79 Å². The summed E-state index contributed by atoms with van der Waals surface area (Å²) in [5.41, 5.74) is 5.04. The monoisotopic (exact) mass is 419 g/mol. The highest BCUT2D eigenvalue weighted by Gasteiger charge is 2.19. The number of amides is 1. The number of carbonyl (C=O) groups excluding carboxylic acids is 1. The Kier molecular flexibility index (Phi) is 4.69. The second kappa shape index (κ2) is 7.81. The smallest absolute Gasteiger partial charge is 0.272 e. The molecule has 0 atom stereocenters. The van der Waals surface area contributed by atoms with Gasteiger partial charge < -0.3 is 9.88 Å². The van der Waals surface area contributed by atoms with Gasteiger partial charge in [0.15, 0.2) is 0 Å². The predicted octanol–water partition coefficient (Wildman–Crippen LogP) is 4.15. The lowest BCUT2D eigenvalue weighted by molar-refractivity contribution is 0.102. The van der Waals surface area contributed by atoms with Crippen LogP contribution in [0.3, 0.4) is 0 Å². The standard InChI is InChI=1S/C24H17N7O/c1-31-21(13-17-8-5-9-18(22(17)31)16-6-3-2-4-7-16)24(32)26-20-11-10-15(14-25)12-19(20)23-27-29-30-28-23/h2-13H,1H3,(H,26,32)(H,27,28,29,30). The first-order valence-electron chi connectivity index (χ1n) is 9.89. The minimum Gasteiger partial charge on any atom is -0.339 e. The van der Waals surface area contributed by atoms with Crippen molar-refractivity contribution in [3.8, 4) is 28.6 Å². The van der Waals surface area contributed by atoms with E-state index in [-0.39, 0.29) is 5.91 Å². The number of nitrogens with one attached hydrogen (secondary N) is 2. The van der Waals surface area contributed by atoms with Crippen LogP contribution in [0.25, 0.3) is 33.4 Å². The summed E-state index contributed by atoms with van der Waals surface area (Å²) in [5, 5.41) is 27.1. The summed E-state index contributed by atoms with van der Waals surface area (Å²) < 4.78 is 1.89. The van der Waals surface area contributed by atoms with E-state index in [0.717, 1.165) is 22.0 Å². The molecule has 32 heavy (non-hydrogen) atoms. The highest BCUT2D eigenvalue weighted by Crippen LogP contribution is 2.31. The number of para-hydroxylation sites is 1. The Hall–Kier alpha value is -4.77. The molecule has 154 valence electrons. The number of nitrogens with zero attached hydrogens (tertiary/aromatic N) is 5. The van der Waals surface area contributed by atoms with Crippen LogP contribution in [-0.4, -0.2) is 31.1 Å². The third kappa shape index (κ3) is 3.28. The van der Waals surface area contributed by atoms with Crippen molar-refractivity contribution in [2.45, 2.75) is 0 Å². The third-order valence-electron chi connectivity index (χ3n) is 5.36. The molecule has 2 N–H and O–H groups in total. The van der Waals surface area contributed by atoms with Gasteiger partial charge in [-0.2, -0.15) is 10.5 Å². The zero-order valence-corrected chi connectivity index (χ0v) is 17.1. The minimum atomic E-state index is -0.280. The molecule has 2 aromatic heterocycles. The Bertz CT molecular complexity index is 1480. The molecule has 5 rings (SSSR count). The number of aromatic nitrogens is 5. The third-order valence-corrected chi connectivity index (χ3v) is 5.36. The quantitative estimate of drug-likeness (QED) is 0.454. The molecule has 0 unspecified atom stereocenters. The fourth-order valence-electron chi connectivity index (χ4n) is 3.86. The maximum absolute atomic E-state index is 13.3. The molecule has 8 nitrogen and oxygen atoms in total.